The van der Waals surface area contributed by atoms with E-state index < -0.39 is 21.3 Å². The summed E-state index contributed by atoms with van der Waals surface area (Å²) >= 11 is 0. The number of amides is 1. The molecule has 0 aliphatic carbocycles. The first-order valence-corrected chi connectivity index (χ1v) is 11.6. The van der Waals surface area contributed by atoms with Crippen LogP contribution in [-0.2, 0) is 31.5 Å². The van der Waals surface area contributed by atoms with E-state index >= 15 is 0 Å². The van der Waals surface area contributed by atoms with Crippen LogP contribution in [-0.4, -0.2) is 27.5 Å². The number of furan rings is 1. The van der Waals surface area contributed by atoms with Crippen molar-refractivity contribution in [3.05, 3.63) is 84.1 Å². The van der Waals surface area contributed by atoms with Crippen molar-refractivity contribution in [1.29, 1.82) is 0 Å². The zero-order valence-corrected chi connectivity index (χ0v) is 18.0. The Morgan fingerprint density at radius 3 is 2.53 bits per heavy atom. The molecule has 1 aliphatic rings. The van der Waals surface area contributed by atoms with Crippen LogP contribution >= 0.6 is 0 Å². The van der Waals surface area contributed by atoms with Crippen LogP contribution in [0.4, 0.5) is 10.1 Å². The van der Waals surface area contributed by atoms with Gasteiger partial charge in [-0.3, -0.25) is 4.79 Å². The molecule has 9 heteroatoms. The molecule has 1 amide bonds. The molecule has 0 unspecified atom stereocenters. The lowest BCUT2D eigenvalue weighted by molar-refractivity contribution is -0.125. The lowest BCUT2D eigenvalue weighted by atomic mass is 9.73. The third-order valence-electron chi connectivity index (χ3n) is 5.58. The SMILES string of the molecule is O=C(Nc1cccc(S(=O)(=O)NCc2ccco2)c1)C1(c2cccc(F)c2)CCOCC1. The highest BCUT2D eigenvalue weighted by atomic mass is 32.2. The standard InChI is InChI=1S/C23H23FN2O5S/c24-18-5-1-4-17(14-18)23(9-12-30-13-10-23)22(27)26-19-6-2-8-21(15-19)32(28,29)25-16-20-7-3-11-31-20/h1-8,11,14-15,25H,9-10,12-13,16H2,(H,26,27). The monoisotopic (exact) mass is 458 g/mol. The van der Waals surface area contributed by atoms with Crippen LogP contribution in [0.25, 0.3) is 0 Å². The summed E-state index contributed by atoms with van der Waals surface area (Å²) in [6.45, 7) is 0.749. The van der Waals surface area contributed by atoms with Crippen molar-refractivity contribution in [1.82, 2.24) is 4.72 Å². The summed E-state index contributed by atoms with van der Waals surface area (Å²) in [5.41, 5.74) is -0.0624. The number of halogens is 1. The van der Waals surface area contributed by atoms with Gasteiger partial charge in [-0.25, -0.2) is 17.5 Å². The Bertz CT molecular complexity index is 1190. The number of anilines is 1. The van der Waals surface area contributed by atoms with Gasteiger partial charge in [-0.05, 0) is 60.9 Å². The maximum Gasteiger partial charge on any atom is 0.241 e. The average Bonchev–Trinajstić information content (AvgIpc) is 3.32. The van der Waals surface area contributed by atoms with Gasteiger partial charge in [-0.1, -0.05) is 18.2 Å². The molecule has 1 saturated heterocycles. The Kier molecular flexibility index (Phi) is 6.40. The van der Waals surface area contributed by atoms with Gasteiger partial charge in [0.25, 0.3) is 0 Å². The van der Waals surface area contributed by atoms with E-state index in [0.717, 1.165) is 0 Å². The molecule has 0 spiro atoms. The minimum Gasteiger partial charge on any atom is -0.468 e. The zero-order chi connectivity index (χ0) is 22.6. The average molecular weight is 459 g/mol. The van der Waals surface area contributed by atoms with Gasteiger partial charge >= 0.3 is 0 Å². The fourth-order valence-electron chi connectivity index (χ4n) is 3.81. The molecule has 0 atom stereocenters. The van der Waals surface area contributed by atoms with Gasteiger partial charge < -0.3 is 14.5 Å². The second kappa shape index (κ2) is 9.23. The summed E-state index contributed by atoms with van der Waals surface area (Å²) in [6, 6.07) is 15.3. The molecule has 2 N–H and O–H groups in total. The van der Waals surface area contributed by atoms with Crippen molar-refractivity contribution in [2.45, 2.75) is 29.7 Å². The van der Waals surface area contributed by atoms with Gasteiger partial charge in [0.15, 0.2) is 0 Å². The smallest absolute Gasteiger partial charge is 0.241 e. The van der Waals surface area contributed by atoms with Gasteiger partial charge in [-0.15, -0.1) is 0 Å². The second-order valence-electron chi connectivity index (χ2n) is 7.59. The molecule has 1 aliphatic heterocycles. The van der Waals surface area contributed by atoms with Crippen molar-refractivity contribution < 1.29 is 26.8 Å². The topological polar surface area (TPSA) is 97.6 Å². The lowest BCUT2D eigenvalue weighted by Gasteiger charge is -2.36. The zero-order valence-electron chi connectivity index (χ0n) is 17.2. The molecule has 2 aromatic carbocycles. The van der Waals surface area contributed by atoms with Crippen LogP contribution in [0.2, 0.25) is 0 Å². The Morgan fingerprint density at radius 1 is 1.03 bits per heavy atom. The molecular formula is C23H23FN2O5S. The first-order chi connectivity index (χ1) is 15.4. The first kappa shape index (κ1) is 22.2. The van der Waals surface area contributed by atoms with Gasteiger partial charge in [0.2, 0.25) is 15.9 Å². The molecule has 3 aromatic rings. The number of rotatable bonds is 7. The van der Waals surface area contributed by atoms with Gasteiger partial charge in [0.05, 0.1) is 23.1 Å². The van der Waals surface area contributed by atoms with Crippen LogP contribution in [0.15, 0.2) is 76.2 Å². The number of hydrogen-bond donors (Lipinski definition) is 2. The van der Waals surface area contributed by atoms with Crippen molar-refractivity contribution in [3.8, 4) is 0 Å². The van der Waals surface area contributed by atoms with Crippen molar-refractivity contribution in [3.63, 3.8) is 0 Å². The molecule has 0 radical (unpaired) electrons. The van der Waals surface area contributed by atoms with Gasteiger partial charge in [0.1, 0.15) is 11.6 Å². The van der Waals surface area contributed by atoms with Crippen molar-refractivity contribution in [2.75, 3.05) is 18.5 Å². The van der Waals surface area contributed by atoms with E-state index in [9.17, 15) is 17.6 Å². The largest absolute Gasteiger partial charge is 0.468 e. The third-order valence-corrected chi connectivity index (χ3v) is 6.98. The van der Waals surface area contributed by atoms with E-state index in [2.05, 4.69) is 10.0 Å². The van der Waals surface area contributed by atoms with Crippen LogP contribution < -0.4 is 10.0 Å². The van der Waals surface area contributed by atoms with Gasteiger partial charge in [-0.2, -0.15) is 0 Å². The molecule has 2 heterocycles. The minimum absolute atomic E-state index is 0.00800. The number of carbonyl (C=O) groups excluding carboxylic acids is 1. The summed E-state index contributed by atoms with van der Waals surface area (Å²) in [5, 5.41) is 2.82. The highest BCUT2D eigenvalue weighted by molar-refractivity contribution is 7.89. The van der Waals surface area contributed by atoms with E-state index in [1.165, 1.54) is 30.5 Å². The number of sulfonamides is 1. The molecular weight excluding hydrogens is 435 g/mol. The van der Waals surface area contributed by atoms with Crippen LogP contribution in [0.1, 0.15) is 24.2 Å². The Hall–Kier alpha value is -3.01. The van der Waals surface area contributed by atoms with E-state index in [0.29, 0.717) is 43.1 Å². The summed E-state index contributed by atoms with van der Waals surface area (Å²) < 4.78 is 52.3. The lowest BCUT2D eigenvalue weighted by Crippen LogP contribution is -2.45. The number of ether oxygens (including phenoxy) is 1. The normalized spacial score (nSPS) is 15.9. The van der Waals surface area contributed by atoms with Crippen molar-refractivity contribution >= 4 is 21.6 Å². The quantitative estimate of drug-likeness (QED) is 0.564. The first-order valence-electron chi connectivity index (χ1n) is 10.2. The Labute approximate surface area is 185 Å². The molecule has 32 heavy (non-hydrogen) atoms. The maximum atomic E-state index is 13.9. The van der Waals surface area contributed by atoms with E-state index in [4.69, 9.17) is 9.15 Å². The predicted molar refractivity (Wildman–Crippen MR) is 116 cm³/mol. The summed E-state index contributed by atoms with van der Waals surface area (Å²) in [5.74, 6) is -0.268. The summed E-state index contributed by atoms with van der Waals surface area (Å²) in [4.78, 5) is 13.4. The highest BCUT2D eigenvalue weighted by Crippen LogP contribution is 2.36. The molecule has 7 nitrogen and oxygen atoms in total. The third kappa shape index (κ3) is 4.74. The number of hydrogen-bond acceptors (Lipinski definition) is 5. The fraction of sp³-hybridized carbons (Fsp3) is 0.261. The van der Waals surface area contributed by atoms with Crippen LogP contribution in [0.3, 0.4) is 0 Å². The minimum atomic E-state index is -3.82. The molecule has 0 saturated carbocycles. The molecule has 1 aromatic heterocycles. The van der Waals surface area contributed by atoms with Crippen molar-refractivity contribution in [2.24, 2.45) is 0 Å². The highest BCUT2D eigenvalue weighted by Gasteiger charge is 2.42. The van der Waals surface area contributed by atoms with E-state index in [1.54, 1.807) is 36.4 Å². The maximum absolute atomic E-state index is 13.9. The second-order valence-corrected chi connectivity index (χ2v) is 9.36. The Morgan fingerprint density at radius 2 is 1.81 bits per heavy atom. The van der Waals surface area contributed by atoms with E-state index in [-0.39, 0.29) is 17.3 Å². The molecule has 4 rings (SSSR count). The number of nitrogens with one attached hydrogen (secondary N) is 2. The van der Waals surface area contributed by atoms with Gasteiger partial charge in [0, 0.05) is 18.9 Å². The number of benzene rings is 2. The fourth-order valence-corrected chi connectivity index (χ4v) is 4.85. The van der Waals surface area contributed by atoms with E-state index in [1.807, 2.05) is 0 Å². The molecule has 0 bridgehead atoms. The summed E-state index contributed by atoms with van der Waals surface area (Å²) in [6.07, 6.45) is 2.25. The molecule has 168 valence electrons. The Balaban J connectivity index is 1.56. The molecule has 1 fully saturated rings. The predicted octanol–water partition coefficient (Wildman–Crippen LogP) is 3.58. The van der Waals surface area contributed by atoms with Crippen LogP contribution in [0.5, 0.6) is 0 Å². The van der Waals surface area contributed by atoms with Crippen LogP contribution in [0, 0.1) is 5.82 Å². The number of carbonyl (C=O) groups is 1. The summed E-state index contributed by atoms with van der Waals surface area (Å²) in [7, 11) is -3.82.